The van der Waals surface area contributed by atoms with Gasteiger partial charge in [-0.2, -0.15) is 0 Å². The Labute approximate surface area is 346 Å². The Bertz CT molecular complexity index is 1580. The second-order valence-electron chi connectivity index (χ2n) is 15.3. The number of hydrogen-bond acceptors (Lipinski definition) is 15. The van der Waals surface area contributed by atoms with Crippen LogP contribution in [-0.4, -0.2) is 114 Å². The fourth-order valence-electron chi connectivity index (χ4n) is 7.17. The zero-order valence-electron chi connectivity index (χ0n) is 34.9. The lowest BCUT2D eigenvalue weighted by Crippen LogP contribution is -2.65. The van der Waals surface area contributed by atoms with E-state index in [1.165, 1.54) is 26.0 Å². The van der Waals surface area contributed by atoms with Gasteiger partial charge < -0.3 is 48.1 Å². The number of benzene rings is 1. The molecule has 3 heterocycles. The van der Waals surface area contributed by atoms with Crippen LogP contribution in [0.25, 0.3) is 6.08 Å². The second kappa shape index (κ2) is 24.3. The highest BCUT2D eigenvalue weighted by atomic mass is 16.8. The lowest BCUT2D eigenvalue weighted by atomic mass is 9.96. The number of rotatable bonds is 10. The summed E-state index contributed by atoms with van der Waals surface area (Å²) < 4.78 is 48.0. The van der Waals surface area contributed by atoms with Crippen molar-refractivity contribution in [1.29, 1.82) is 0 Å². The van der Waals surface area contributed by atoms with Crippen LogP contribution in [0.1, 0.15) is 117 Å². The molecule has 15 nitrogen and oxygen atoms in total. The first kappa shape index (κ1) is 47.7. The number of ether oxygens (including phenoxy) is 8. The Morgan fingerprint density at radius 3 is 2.27 bits per heavy atom. The first-order valence-electron chi connectivity index (χ1n) is 20.9. The molecule has 0 saturated carbocycles. The molecule has 0 aliphatic carbocycles. The van der Waals surface area contributed by atoms with Gasteiger partial charge in [-0.05, 0) is 51.7 Å². The zero-order valence-corrected chi connectivity index (χ0v) is 34.9. The number of carbonyl (C=O) groups excluding carboxylic acids is 5. The minimum Gasteiger partial charge on any atom is -0.463 e. The second-order valence-corrected chi connectivity index (χ2v) is 15.3. The van der Waals surface area contributed by atoms with Gasteiger partial charge in [0, 0.05) is 31.4 Å². The number of Topliss-reactive ketones (excluding diaryl/α,β-unsaturated/α-hetero) is 1. The number of aliphatic hydroxyl groups excluding tert-OH is 2. The third-order valence-electron chi connectivity index (χ3n) is 10.6. The minimum atomic E-state index is -1.87. The third-order valence-corrected chi connectivity index (χ3v) is 10.6. The van der Waals surface area contributed by atoms with Gasteiger partial charge in [-0.1, -0.05) is 81.9 Å². The predicted molar refractivity (Wildman–Crippen MR) is 212 cm³/mol. The van der Waals surface area contributed by atoms with Gasteiger partial charge >= 0.3 is 23.9 Å². The predicted octanol–water partition coefficient (Wildman–Crippen LogP) is 5.21. The molecule has 3 saturated heterocycles. The molecule has 59 heavy (non-hydrogen) atoms. The molecule has 0 aromatic heterocycles. The highest BCUT2D eigenvalue weighted by Gasteiger charge is 2.55. The van der Waals surface area contributed by atoms with Gasteiger partial charge in [0.25, 0.3) is 0 Å². The summed E-state index contributed by atoms with van der Waals surface area (Å²) in [6, 6.07) is 8.92. The molecule has 15 heteroatoms. The molecule has 3 aliphatic heterocycles. The van der Waals surface area contributed by atoms with Crippen LogP contribution in [0, 0.1) is 0 Å². The summed E-state index contributed by atoms with van der Waals surface area (Å²) in [6.07, 6.45) is -3.43. The largest absolute Gasteiger partial charge is 0.463 e. The standard InChI is InChI=1S/C44H62O15/c1-6-8-12-20-32-21-16-10-9-15-19-31(46)23-25-34(47)52-26-33-39(57-35(48)24-22-30-17-13-11-14-18-30)40(58-42(51)27(3)7-2)37(50)43(56-33)59-41-36(49)38(54-29(5)45)28(4)53-44(41)55-32/h7,11,13-14,17-18,22,24,28,32-33,36-41,43-44,49-50H,6,8-10,12,15-16,19-21,23,25-26H2,1-5H3. The zero-order chi connectivity index (χ0) is 42.9. The molecule has 2 bridgehead atoms. The van der Waals surface area contributed by atoms with E-state index in [2.05, 4.69) is 6.92 Å². The summed E-state index contributed by atoms with van der Waals surface area (Å²) in [5, 5.41) is 23.8. The smallest absolute Gasteiger partial charge is 0.333 e. The van der Waals surface area contributed by atoms with E-state index >= 15 is 0 Å². The number of ketones is 1. The first-order valence-corrected chi connectivity index (χ1v) is 20.9. The summed E-state index contributed by atoms with van der Waals surface area (Å²) in [4.78, 5) is 64.5. The molecule has 2 N–H and O–H groups in total. The van der Waals surface area contributed by atoms with Crippen molar-refractivity contribution in [3.63, 3.8) is 0 Å². The van der Waals surface area contributed by atoms with Crippen molar-refractivity contribution >= 4 is 35.7 Å². The Morgan fingerprint density at radius 2 is 1.56 bits per heavy atom. The fourth-order valence-corrected chi connectivity index (χ4v) is 7.17. The molecule has 4 rings (SSSR count). The molecule has 0 radical (unpaired) electrons. The van der Waals surface area contributed by atoms with Gasteiger partial charge in [-0.25, -0.2) is 9.59 Å². The molecule has 11 atom stereocenters. The lowest BCUT2D eigenvalue weighted by molar-refractivity contribution is -0.369. The number of allylic oxidation sites excluding steroid dienone is 1. The SMILES string of the molecule is CC=C(C)C(=O)OC1C(O)C2OC(COC(=O)CCC(=O)CCCCCCC(CCCCC)OC3OC(C)C(OC(C)=O)C(O)C3O2)C1OC(=O)C=Cc1ccccc1. The molecule has 11 unspecified atom stereocenters. The summed E-state index contributed by atoms with van der Waals surface area (Å²) in [5.41, 5.74) is 0.863. The molecule has 3 fully saturated rings. The van der Waals surface area contributed by atoms with Crippen molar-refractivity contribution < 1.29 is 72.1 Å². The Balaban J connectivity index is 1.74. The molecular weight excluding hydrogens is 768 g/mol. The van der Waals surface area contributed by atoms with Crippen LogP contribution in [0.3, 0.4) is 0 Å². The topological polar surface area (TPSA) is 200 Å². The van der Waals surface area contributed by atoms with E-state index in [0.717, 1.165) is 44.6 Å². The van der Waals surface area contributed by atoms with Gasteiger partial charge in [-0.15, -0.1) is 0 Å². The average molecular weight is 831 g/mol. The number of cyclic esters (lactones) is 1. The average Bonchev–Trinajstić information content (AvgIpc) is 3.21. The quantitative estimate of drug-likeness (QED) is 0.135. The van der Waals surface area contributed by atoms with Crippen molar-refractivity contribution in [2.24, 2.45) is 0 Å². The van der Waals surface area contributed by atoms with Crippen LogP contribution in [-0.2, 0) is 61.9 Å². The van der Waals surface area contributed by atoms with E-state index < -0.39 is 91.9 Å². The number of fused-ring (bicyclic) bond motifs is 3. The molecule has 3 aliphatic rings. The van der Waals surface area contributed by atoms with Gasteiger partial charge in [0.1, 0.15) is 36.8 Å². The van der Waals surface area contributed by atoms with Crippen molar-refractivity contribution in [2.75, 3.05) is 6.61 Å². The van der Waals surface area contributed by atoms with E-state index in [-0.39, 0.29) is 30.3 Å². The maximum Gasteiger partial charge on any atom is 0.333 e. The monoisotopic (exact) mass is 830 g/mol. The Morgan fingerprint density at radius 1 is 0.814 bits per heavy atom. The summed E-state index contributed by atoms with van der Waals surface area (Å²) >= 11 is 0. The van der Waals surface area contributed by atoms with E-state index in [9.17, 15) is 34.2 Å². The molecule has 0 spiro atoms. The first-order chi connectivity index (χ1) is 28.3. The number of carbonyl (C=O) groups is 5. The van der Waals surface area contributed by atoms with Crippen molar-refractivity contribution in [3.05, 3.63) is 53.6 Å². The van der Waals surface area contributed by atoms with Gasteiger partial charge in [-0.3, -0.25) is 14.4 Å². The van der Waals surface area contributed by atoms with Gasteiger partial charge in [0.2, 0.25) is 0 Å². The molecule has 0 amide bonds. The highest BCUT2D eigenvalue weighted by Crippen LogP contribution is 2.34. The molecule has 328 valence electrons. The summed E-state index contributed by atoms with van der Waals surface area (Å²) in [5.74, 6) is -3.23. The van der Waals surface area contributed by atoms with Gasteiger partial charge in [0.05, 0.1) is 18.6 Å². The number of aliphatic hydroxyl groups is 2. The summed E-state index contributed by atoms with van der Waals surface area (Å²) in [6.45, 7) is 7.45. The van der Waals surface area contributed by atoms with Crippen molar-refractivity contribution in [2.45, 2.75) is 179 Å². The Hall–Kier alpha value is -3.99. The Kier molecular flexibility index (Phi) is 19.6. The van der Waals surface area contributed by atoms with E-state index in [1.807, 2.05) is 6.07 Å². The van der Waals surface area contributed by atoms with Crippen LogP contribution in [0.15, 0.2) is 48.1 Å². The van der Waals surface area contributed by atoms with E-state index in [4.69, 9.17) is 37.9 Å². The van der Waals surface area contributed by atoms with Gasteiger partial charge in [0.15, 0.2) is 30.9 Å². The fraction of sp³-hybridized carbons (Fsp3) is 0.659. The highest BCUT2D eigenvalue weighted by molar-refractivity contribution is 5.88. The summed E-state index contributed by atoms with van der Waals surface area (Å²) in [7, 11) is 0. The number of hydrogen-bond donors (Lipinski definition) is 2. The number of unbranched alkanes of at least 4 members (excludes halogenated alkanes) is 2. The molecule has 1 aromatic carbocycles. The van der Waals surface area contributed by atoms with E-state index in [1.54, 1.807) is 38.1 Å². The van der Waals surface area contributed by atoms with Crippen LogP contribution >= 0.6 is 0 Å². The van der Waals surface area contributed by atoms with Crippen molar-refractivity contribution in [1.82, 2.24) is 0 Å². The van der Waals surface area contributed by atoms with Crippen molar-refractivity contribution in [3.8, 4) is 0 Å². The normalized spacial score (nSPS) is 32.0. The number of esters is 4. The minimum absolute atomic E-state index is 0.0312. The maximum absolute atomic E-state index is 13.3. The van der Waals surface area contributed by atoms with Crippen LogP contribution in [0.2, 0.25) is 0 Å². The molecule has 1 aromatic rings. The third kappa shape index (κ3) is 14.9. The molecular formula is C44H62O15. The van der Waals surface area contributed by atoms with E-state index in [0.29, 0.717) is 31.2 Å². The van der Waals surface area contributed by atoms with Crippen LogP contribution in [0.4, 0.5) is 0 Å². The lowest BCUT2D eigenvalue weighted by Gasteiger charge is -2.47. The van der Waals surface area contributed by atoms with Crippen LogP contribution in [0.5, 0.6) is 0 Å². The van der Waals surface area contributed by atoms with Crippen LogP contribution < -0.4 is 0 Å². The maximum atomic E-state index is 13.3.